The van der Waals surface area contributed by atoms with Crippen LogP contribution in [0.4, 0.5) is 18.9 Å². The van der Waals surface area contributed by atoms with Crippen LogP contribution in [0.3, 0.4) is 0 Å². The summed E-state index contributed by atoms with van der Waals surface area (Å²) in [6.45, 7) is 0. The van der Waals surface area contributed by atoms with E-state index in [1.807, 2.05) is 0 Å². The fourth-order valence-corrected chi connectivity index (χ4v) is 3.32. The van der Waals surface area contributed by atoms with Gasteiger partial charge in [-0.3, -0.25) is 4.79 Å². The number of hydrogen-bond acceptors (Lipinski definition) is 2. The summed E-state index contributed by atoms with van der Waals surface area (Å²) >= 11 is 12.2. The molecule has 3 aromatic rings. The van der Waals surface area contributed by atoms with E-state index >= 15 is 0 Å². The molecule has 2 heterocycles. The zero-order valence-corrected chi connectivity index (χ0v) is 15.4. The van der Waals surface area contributed by atoms with Gasteiger partial charge in [-0.2, -0.15) is 13.2 Å². The number of alkyl halides is 3. The van der Waals surface area contributed by atoms with Crippen LogP contribution in [0.5, 0.6) is 0 Å². The van der Waals surface area contributed by atoms with Crippen molar-refractivity contribution in [3.63, 3.8) is 0 Å². The molecule has 0 fully saturated rings. The van der Waals surface area contributed by atoms with E-state index in [-0.39, 0.29) is 11.3 Å². The van der Waals surface area contributed by atoms with E-state index in [2.05, 4.69) is 5.32 Å². The van der Waals surface area contributed by atoms with Crippen molar-refractivity contribution in [2.45, 2.75) is 6.18 Å². The Morgan fingerprint density at radius 3 is 2.54 bits per heavy atom. The molecule has 142 valence electrons. The van der Waals surface area contributed by atoms with Gasteiger partial charge in [0.25, 0.3) is 5.91 Å². The Hall–Kier alpha value is -2.70. The van der Waals surface area contributed by atoms with Crippen molar-refractivity contribution >= 4 is 46.4 Å². The van der Waals surface area contributed by atoms with Crippen molar-refractivity contribution in [1.29, 1.82) is 0 Å². The second-order valence-electron chi connectivity index (χ2n) is 6.07. The third-order valence-electron chi connectivity index (χ3n) is 4.26. The first-order valence-corrected chi connectivity index (χ1v) is 8.78. The first-order chi connectivity index (χ1) is 13.2. The van der Waals surface area contributed by atoms with Gasteiger partial charge >= 0.3 is 6.18 Å². The molecule has 1 aliphatic rings. The van der Waals surface area contributed by atoms with Crippen molar-refractivity contribution in [2.75, 3.05) is 5.32 Å². The molecule has 0 saturated heterocycles. The molecule has 0 aliphatic carbocycles. The molecule has 0 radical (unpaired) electrons. The van der Waals surface area contributed by atoms with Crippen LogP contribution < -0.4 is 5.32 Å². The van der Waals surface area contributed by atoms with Crippen molar-refractivity contribution in [3.8, 4) is 11.3 Å². The molecule has 4 rings (SSSR count). The standard InChI is InChI=1S/C20H10Cl2F3NO2/c21-15-3-1-2-13(18(15)22)17-7-5-11(28-17)9-14-12-6-4-10(20(23,24)25)8-16(12)26-19(14)27/h1-9H,(H,26,27)/b14-9-. The lowest BCUT2D eigenvalue weighted by Gasteiger charge is -2.07. The van der Waals surface area contributed by atoms with Crippen molar-refractivity contribution in [1.82, 2.24) is 0 Å². The van der Waals surface area contributed by atoms with Gasteiger partial charge in [0.2, 0.25) is 0 Å². The van der Waals surface area contributed by atoms with Crippen LogP contribution >= 0.6 is 23.2 Å². The molecule has 0 bridgehead atoms. The van der Waals surface area contributed by atoms with E-state index in [9.17, 15) is 18.0 Å². The second-order valence-corrected chi connectivity index (χ2v) is 6.86. The number of hydrogen-bond donors (Lipinski definition) is 1. The highest BCUT2D eigenvalue weighted by atomic mass is 35.5. The number of anilines is 1. The Kier molecular flexibility index (Phi) is 4.48. The van der Waals surface area contributed by atoms with Crippen molar-refractivity contribution in [3.05, 3.63) is 75.5 Å². The van der Waals surface area contributed by atoms with E-state index in [4.69, 9.17) is 27.6 Å². The molecule has 0 saturated carbocycles. The van der Waals surface area contributed by atoms with Crippen LogP contribution in [0.2, 0.25) is 10.0 Å². The van der Waals surface area contributed by atoms with E-state index in [0.29, 0.717) is 32.7 Å². The van der Waals surface area contributed by atoms with Crippen LogP contribution in [0.25, 0.3) is 23.0 Å². The zero-order chi connectivity index (χ0) is 20.1. The molecule has 1 amide bonds. The molecule has 1 aromatic heterocycles. The first-order valence-electron chi connectivity index (χ1n) is 8.03. The molecule has 3 nitrogen and oxygen atoms in total. The molecular weight excluding hydrogens is 414 g/mol. The Bertz CT molecular complexity index is 1130. The van der Waals surface area contributed by atoms with E-state index in [0.717, 1.165) is 12.1 Å². The molecule has 1 aliphatic heterocycles. The number of benzene rings is 2. The highest BCUT2D eigenvalue weighted by Crippen LogP contribution is 2.39. The largest absolute Gasteiger partial charge is 0.457 e. The van der Waals surface area contributed by atoms with Gasteiger partial charge in [-0.1, -0.05) is 35.3 Å². The summed E-state index contributed by atoms with van der Waals surface area (Å²) < 4.78 is 44.3. The summed E-state index contributed by atoms with van der Waals surface area (Å²) in [5, 5.41) is 3.16. The number of halogens is 5. The summed E-state index contributed by atoms with van der Waals surface area (Å²) in [5.41, 5.74) is 0.447. The predicted octanol–water partition coefficient (Wildman–Crippen LogP) is 6.76. The van der Waals surface area contributed by atoms with E-state index in [1.54, 1.807) is 30.3 Å². The van der Waals surface area contributed by atoms with Gasteiger partial charge in [0.15, 0.2) is 0 Å². The minimum atomic E-state index is -4.49. The third-order valence-corrected chi connectivity index (χ3v) is 5.08. The van der Waals surface area contributed by atoms with E-state index < -0.39 is 17.6 Å². The van der Waals surface area contributed by atoms with Crippen LogP contribution in [0.1, 0.15) is 16.9 Å². The Morgan fingerprint density at radius 1 is 1.00 bits per heavy atom. The van der Waals surface area contributed by atoms with Crippen molar-refractivity contribution in [2.24, 2.45) is 0 Å². The molecule has 8 heteroatoms. The van der Waals surface area contributed by atoms with Gasteiger partial charge < -0.3 is 9.73 Å². The fraction of sp³-hybridized carbons (Fsp3) is 0.0500. The Balaban J connectivity index is 1.71. The quantitative estimate of drug-likeness (QED) is 0.462. The molecule has 2 aromatic carbocycles. The normalized spacial score (nSPS) is 15.0. The average molecular weight is 424 g/mol. The van der Waals surface area contributed by atoms with Crippen LogP contribution in [-0.2, 0) is 11.0 Å². The number of furan rings is 1. The second kappa shape index (κ2) is 6.72. The number of nitrogens with one attached hydrogen (secondary N) is 1. The number of fused-ring (bicyclic) bond motifs is 1. The molecule has 28 heavy (non-hydrogen) atoms. The Morgan fingerprint density at radius 2 is 1.79 bits per heavy atom. The van der Waals surface area contributed by atoms with Gasteiger partial charge in [0, 0.05) is 16.8 Å². The number of carbonyl (C=O) groups is 1. The maximum Gasteiger partial charge on any atom is 0.416 e. The molecule has 1 N–H and O–H groups in total. The highest BCUT2D eigenvalue weighted by Gasteiger charge is 2.33. The fourth-order valence-electron chi connectivity index (χ4n) is 2.93. The van der Waals surface area contributed by atoms with Crippen LogP contribution in [-0.4, -0.2) is 5.91 Å². The highest BCUT2D eigenvalue weighted by molar-refractivity contribution is 6.43. The summed E-state index contributed by atoms with van der Waals surface area (Å²) in [6, 6.07) is 11.5. The van der Waals surface area contributed by atoms with Gasteiger partial charge in [-0.15, -0.1) is 0 Å². The average Bonchev–Trinajstić information content (AvgIpc) is 3.21. The molecule has 0 unspecified atom stereocenters. The number of rotatable bonds is 2. The lowest BCUT2D eigenvalue weighted by molar-refractivity contribution is -0.137. The summed E-state index contributed by atoms with van der Waals surface area (Å²) in [7, 11) is 0. The molecule has 0 atom stereocenters. The third kappa shape index (κ3) is 3.30. The first kappa shape index (κ1) is 18.7. The monoisotopic (exact) mass is 423 g/mol. The van der Waals surface area contributed by atoms with Gasteiger partial charge in [0.05, 0.1) is 21.2 Å². The van der Waals surface area contributed by atoms with E-state index in [1.165, 1.54) is 12.1 Å². The summed E-state index contributed by atoms with van der Waals surface area (Å²) in [4.78, 5) is 12.2. The maximum atomic E-state index is 12.9. The topological polar surface area (TPSA) is 42.2 Å². The number of amides is 1. The van der Waals surface area contributed by atoms with Gasteiger partial charge in [0.1, 0.15) is 11.5 Å². The summed E-state index contributed by atoms with van der Waals surface area (Å²) in [6.07, 6.45) is -3.02. The minimum Gasteiger partial charge on any atom is -0.457 e. The Labute approximate surface area is 167 Å². The molecule has 0 spiro atoms. The lowest BCUT2D eigenvalue weighted by Crippen LogP contribution is -2.06. The van der Waals surface area contributed by atoms with Crippen LogP contribution in [0, 0.1) is 0 Å². The molecular formula is C20H10Cl2F3NO2. The predicted molar refractivity (Wildman–Crippen MR) is 102 cm³/mol. The van der Waals surface area contributed by atoms with Gasteiger partial charge in [-0.25, -0.2) is 0 Å². The smallest absolute Gasteiger partial charge is 0.416 e. The van der Waals surface area contributed by atoms with Gasteiger partial charge in [-0.05, 0) is 42.5 Å². The zero-order valence-electron chi connectivity index (χ0n) is 13.9. The summed E-state index contributed by atoms with van der Waals surface area (Å²) in [5.74, 6) is 0.294. The lowest BCUT2D eigenvalue weighted by atomic mass is 10.0. The SMILES string of the molecule is O=C1Nc2cc(C(F)(F)F)ccc2/C1=C/c1ccc(-c2cccc(Cl)c2Cl)o1. The maximum absolute atomic E-state index is 12.9. The van der Waals surface area contributed by atoms with Crippen LogP contribution in [0.15, 0.2) is 52.9 Å². The minimum absolute atomic E-state index is 0.107. The van der Waals surface area contributed by atoms with Crippen molar-refractivity contribution < 1.29 is 22.4 Å². The number of carbonyl (C=O) groups excluding carboxylic acids is 1.